The molecule has 5 heteroatoms. The summed E-state index contributed by atoms with van der Waals surface area (Å²) in [7, 11) is 0. The van der Waals surface area contributed by atoms with Crippen molar-refractivity contribution in [3.05, 3.63) is 21.3 Å². The molecule has 1 aliphatic rings. The van der Waals surface area contributed by atoms with Gasteiger partial charge in [-0.05, 0) is 51.2 Å². The molecule has 0 saturated carbocycles. The third-order valence-electron chi connectivity index (χ3n) is 3.59. The third kappa shape index (κ3) is 3.42. The Morgan fingerprint density at radius 3 is 2.56 bits per heavy atom. The number of nitrogens with zero attached hydrogens (tertiary/aromatic N) is 1. The number of halogens is 1. The zero-order valence-electron chi connectivity index (χ0n) is 10.9. The van der Waals surface area contributed by atoms with E-state index in [4.69, 9.17) is 17.3 Å². The van der Waals surface area contributed by atoms with E-state index in [0.717, 1.165) is 22.7 Å². The number of nitrogens with two attached hydrogens (primary N) is 1. The number of thiophene rings is 1. The van der Waals surface area contributed by atoms with Crippen molar-refractivity contribution in [2.45, 2.75) is 37.1 Å². The van der Waals surface area contributed by atoms with Crippen LogP contribution in [-0.2, 0) is 0 Å². The van der Waals surface area contributed by atoms with Crippen molar-refractivity contribution in [2.75, 3.05) is 19.3 Å². The Labute approximate surface area is 123 Å². The Morgan fingerprint density at radius 2 is 2.11 bits per heavy atom. The first-order chi connectivity index (χ1) is 8.61. The van der Waals surface area contributed by atoms with Crippen molar-refractivity contribution in [2.24, 2.45) is 5.73 Å². The minimum atomic E-state index is 0.144. The van der Waals surface area contributed by atoms with Crippen LogP contribution < -0.4 is 5.73 Å². The van der Waals surface area contributed by atoms with Crippen LogP contribution in [0.4, 0.5) is 0 Å². The van der Waals surface area contributed by atoms with Gasteiger partial charge in [-0.1, -0.05) is 11.6 Å². The van der Waals surface area contributed by atoms with Crippen LogP contribution in [0.25, 0.3) is 0 Å². The molecule has 0 radical (unpaired) electrons. The van der Waals surface area contributed by atoms with Crippen molar-refractivity contribution >= 4 is 34.7 Å². The van der Waals surface area contributed by atoms with Crippen LogP contribution in [0.1, 0.15) is 30.7 Å². The zero-order valence-corrected chi connectivity index (χ0v) is 13.3. The van der Waals surface area contributed by atoms with Gasteiger partial charge >= 0.3 is 0 Å². The van der Waals surface area contributed by atoms with Crippen LogP contribution in [0.15, 0.2) is 12.1 Å². The summed E-state index contributed by atoms with van der Waals surface area (Å²) in [5.74, 6) is 0. The standard InChI is InChI=1S/C13H21ClN2S2/c1-9(15)13(11-3-4-12(14)18-11)16-7-5-10(17-2)6-8-16/h3-4,9-10,13H,5-8,15H2,1-2H3. The summed E-state index contributed by atoms with van der Waals surface area (Å²) in [6, 6.07) is 4.57. The minimum Gasteiger partial charge on any atom is -0.326 e. The molecule has 0 amide bonds. The molecule has 1 saturated heterocycles. The van der Waals surface area contributed by atoms with Crippen LogP contribution in [0, 0.1) is 0 Å². The van der Waals surface area contributed by atoms with Crippen LogP contribution in [0.5, 0.6) is 0 Å². The highest BCUT2D eigenvalue weighted by Gasteiger charge is 2.29. The quantitative estimate of drug-likeness (QED) is 0.921. The molecule has 18 heavy (non-hydrogen) atoms. The average Bonchev–Trinajstić information content (AvgIpc) is 2.76. The maximum atomic E-state index is 6.19. The maximum absolute atomic E-state index is 6.19. The maximum Gasteiger partial charge on any atom is 0.0931 e. The normalized spacial score (nSPS) is 22.0. The van der Waals surface area contributed by atoms with Gasteiger partial charge in [0.2, 0.25) is 0 Å². The lowest BCUT2D eigenvalue weighted by Gasteiger charge is -2.38. The molecule has 0 bridgehead atoms. The fourth-order valence-corrected chi connectivity index (χ4v) is 4.64. The number of hydrogen-bond acceptors (Lipinski definition) is 4. The molecule has 0 aliphatic carbocycles. The van der Waals surface area contributed by atoms with Gasteiger partial charge in [0.25, 0.3) is 0 Å². The van der Waals surface area contributed by atoms with Crippen LogP contribution in [0.3, 0.4) is 0 Å². The molecule has 2 rings (SSSR count). The molecular formula is C13H21ClN2S2. The van der Waals surface area contributed by atoms with Gasteiger partial charge in [0.15, 0.2) is 0 Å². The van der Waals surface area contributed by atoms with Crippen LogP contribution in [0.2, 0.25) is 4.34 Å². The first kappa shape index (κ1) is 14.7. The Balaban J connectivity index is 2.07. The Kier molecular flexibility index (Phi) is 5.39. The van der Waals surface area contributed by atoms with E-state index in [1.165, 1.54) is 17.7 Å². The summed E-state index contributed by atoms with van der Waals surface area (Å²) >= 11 is 9.70. The second-order valence-corrected chi connectivity index (χ2v) is 7.80. The first-order valence-corrected chi connectivity index (χ1v) is 8.87. The van der Waals surface area contributed by atoms with Gasteiger partial charge < -0.3 is 5.73 Å². The van der Waals surface area contributed by atoms with Crippen molar-refractivity contribution < 1.29 is 0 Å². The topological polar surface area (TPSA) is 29.3 Å². The summed E-state index contributed by atoms with van der Waals surface area (Å²) in [5.41, 5.74) is 6.19. The van der Waals surface area contributed by atoms with E-state index < -0.39 is 0 Å². The molecule has 2 nitrogen and oxygen atoms in total. The Bertz CT molecular complexity index is 373. The molecule has 102 valence electrons. The lowest BCUT2D eigenvalue weighted by atomic mass is 10.0. The molecule has 2 unspecified atom stereocenters. The molecule has 1 aromatic heterocycles. The van der Waals surface area contributed by atoms with Crippen molar-refractivity contribution in [3.63, 3.8) is 0 Å². The average molecular weight is 305 g/mol. The fourth-order valence-electron chi connectivity index (χ4n) is 2.65. The van der Waals surface area contributed by atoms with E-state index in [9.17, 15) is 0 Å². The van der Waals surface area contributed by atoms with Gasteiger partial charge in [0.05, 0.1) is 10.4 Å². The van der Waals surface area contributed by atoms with Crippen LogP contribution in [-0.4, -0.2) is 35.5 Å². The molecule has 1 fully saturated rings. The summed E-state index contributed by atoms with van der Waals surface area (Å²) < 4.78 is 0.856. The fraction of sp³-hybridized carbons (Fsp3) is 0.692. The second kappa shape index (κ2) is 6.62. The predicted octanol–water partition coefficient (Wildman–Crippen LogP) is 3.62. The lowest BCUT2D eigenvalue weighted by molar-refractivity contribution is 0.151. The molecule has 0 spiro atoms. The lowest BCUT2D eigenvalue weighted by Crippen LogP contribution is -2.43. The zero-order chi connectivity index (χ0) is 13.1. The summed E-state index contributed by atoms with van der Waals surface area (Å²) in [6.45, 7) is 4.39. The van der Waals surface area contributed by atoms with E-state index >= 15 is 0 Å². The number of piperidine rings is 1. The van der Waals surface area contributed by atoms with Gasteiger partial charge in [0.1, 0.15) is 0 Å². The summed E-state index contributed by atoms with van der Waals surface area (Å²) in [5, 5.41) is 0.821. The predicted molar refractivity (Wildman–Crippen MR) is 83.8 cm³/mol. The number of rotatable bonds is 4. The number of likely N-dealkylation sites (tertiary alicyclic amines) is 1. The Hall–Kier alpha value is 0.260. The number of hydrogen-bond donors (Lipinski definition) is 1. The van der Waals surface area contributed by atoms with Crippen molar-refractivity contribution in [1.82, 2.24) is 4.90 Å². The molecular weight excluding hydrogens is 284 g/mol. The largest absolute Gasteiger partial charge is 0.326 e. The molecule has 2 heterocycles. The summed E-state index contributed by atoms with van der Waals surface area (Å²) in [6.07, 6.45) is 4.75. The monoisotopic (exact) mass is 304 g/mol. The number of thioether (sulfide) groups is 1. The van der Waals surface area contributed by atoms with E-state index in [0.29, 0.717) is 6.04 Å². The first-order valence-electron chi connectivity index (χ1n) is 6.39. The molecule has 2 N–H and O–H groups in total. The SMILES string of the molecule is CSC1CCN(C(c2ccc(Cl)s2)C(C)N)CC1. The molecule has 2 atom stereocenters. The van der Waals surface area contributed by atoms with Gasteiger partial charge in [-0.15, -0.1) is 11.3 Å². The molecule has 1 aromatic rings. The Morgan fingerprint density at radius 1 is 1.44 bits per heavy atom. The highest BCUT2D eigenvalue weighted by Crippen LogP contribution is 2.34. The van der Waals surface area contributed by atoms with Gasteiger partial charge in [0, 0.05) is 16.2 Å². The van der Waals surface area contributed by atoms with Gasteiger partial charge in [-0.3, -0.25) is 4.90 Å². The van der Waals surface area contributed by atoms with Crippen molar-refractivity contribution in [3.8, 4) is 0 Å². The molecule has 0 aromatic carbocycles. The second-order valence-electron chi connectivity index (χ2n) is 4.92. The van der Waals surface area contributed by atoms with E-state index in [1.807, 2.05) is 17.8 Å². The van der Waals surface area contributed by atoms with Gasteiger partial charge in [-0.25, -0.2) is 0 Å². The third-order valence-corrected chi connectivity index (χ3v) is 6.03. The van der Waals surface area contributed by atoms with Gasteiger partial charge in [-0.2, -0.15) is 11.8 Å². The highest BCUT2D eigenvalue weighted by atomic mass is 35.5. The van der Waals surface area contributed by atoms with Crippen molar-refractivity contribution in [1.29, 1.82) is 0 Å². The highest BCUT2D eigenvalue weighted by molar-refractivity contribution is 7.99. The van der Waals surface area contributed by atoms with E-state index in [-0.39, 0.29) is 6.04 Å². The van der Waals surface area contributed by atoms with Crippen LogP contribution >= 0.6 is 34.7 Å². The van der Waals surface area contributed by atoms with E-state index in [2.05, 4.69) is 24.1 Å². The minimum absolute atomic E-state index is 0.144. The molecule has 1 aliphatic heterocycles. The summed E-state index contributed by atoms with van der Waals surface area (Å²) in [4.78, 5) is 3.83. The smallest absolute Gasteiger partial charge is 0.0931 e. The van der Waals surface area contributed by atoms with E-state index in [1.54, 1.807) is 11.3 Å².